The molecule has 0 heterocycles. The summed E-state index contributed by atoms with van der Waals surface area (Å²) in [5.74, 6) is 0.701. The van der Waals surface area contributed by atoms with Crippen LogP contribution in [0, 0.1) is 5.92 Å². The first kappa shape index (κ1) is 12.6. The van der Waals surface area contributed by atoms with E-state index < -0.39 is 0 Å². The number of fused-ring (bicyclic) bond motifs is 2. The molecule has 2 unspecified atom stereocenters. The minimum Gasteiger partial charge on any atom is -0.0835 e. The zero-order valence-corrected chi connectivity index (χ0v) is 13.2. The van der Waals surface area contributed by atoms with Crippen LogP contribution in [0.15, 0.2) is 42.5 Å². The number of aryl methyl sites for hydroxylation is 2. The van der Waals surface area contributed by atoms with Crippen LogP contribution in [0.25, 0.3) is 0 Å². The Morgan fingerprint density at radius 2 is 1.80 bits per heavy atom. The molecule has 20 heavy (non-hydrogen) atoms. The average Bonchev–Trinajstić information content (AvgIpc) is 3.05. The molecule has 2 aromatic rings. The molecule has 0 spiro atoms. The van der Waals surface area contributed by atoms with Gasteiger partial charge in [0, 0.05) is 4.83 Å². The summed E-state index contributed by atoms with van der Waals surface area (Å²) in [6, 6.07) is 16.1. The van der Waals surface area contributed by atoms with Crippen molar-refractivity contribution in [2.45, 2.75) is 36.9 Å². The second-order valence-corrected chi connectivity index (χ2v) is 7.21. The lowest BCUT2D eigenvalue weighted by Crippen LogP contribution is -2.06. The fourth-order valence-electron chi connectivity index (χ4n) is 3.86. The first-order valence-corrected chi connectivity index (χ1v) is 8.55. The maximum Gasteiger partial charge on any atom is 0.0432 e. The molecule has 0 N–H and O–H groups in total. The summed E-state index contributed by atoms with van der Waals surface area (Å²) in [6.07, 6.45) is 6.31. The monoisotopic (exact) mass is 326 g/mol. The molecule has 0 aromatic heterocycles. The summed E-state index contributed by atoms with van der Waals surface area (Å²) >= 11 is 3.92. The Hall–Kier alpha value is -1.08. The molecule has 2 aliphatic carbocycles. The van der Waals surface area contributed by atoms with Crippen LogP contribution in [0.2, 0.25) is 0 Å². The lowest BCUT2D eigenvalue weighted by molar-refractivity contribution is 0.555. The molecule has 1 heteroatoms. The van der Waals surface area contributed by atoms with E-state index in [-0.39, 0.29) is 0 Å². The van der Waals surface area contributed by atoms with Gasteiger partial charge in [0.2, 0.25) is 0 Å². The van der Waals surface area contributed by atoms with Crippen molar-refractivity contribution in [2.24, 2.45) is 5.92 Å². The lowest BCUT2D eigenvalue weighted by atomic mass is 9.94. The minimum absolute atomic E-state index is 0.520. The van der Waals surface area contributed by atoms with E-state index >= 15 is 0 Å². The third-order valence-corrected chi connectivity index (χ3v) is 6.15. The van der Waals surface area contributed by atoms with E-state index in [1.807, 2.05) is 0 Å². The SMILES string of the molecule is BrC1c2ccccc2CC1Cc1ccc2c(c1)CCC2. The van der Waals surface area contributed by atoms with E-state index in [0.29, 0.717) is 10.7 Å². The van der Waals surface area contributed by atoms with E-state index in [9.17, 15) is 0 Å². The molecule has 102 valence electrons. The summed E-state index contributed by atoms with van der Waals surface area (Å²) in [7, 11) is 0. The average molecular weight is 327 g/mol. The van der Waals surface area contributed by atoms with Gasteiger partial charge in [-0.25, -0.2) is 0 Å². The molecule has 4 rings (SSSR count). The molecule has 0 fully saturated rings. The molecule has 2 aliphatic rings. The van der Waals surface area contributed by atoms with Crippen LogP contribution in [0.3, 0.4) is 0 Å². The van der Waals surface area contributed by atoms with E-state index in [2.05, 4.69) is 58.4 Å². The fourth-order valence-corrected chi connectivity index (χ4v) is 4.68. The van der Waals surface area contributed by atoms with E-state index in [1.54, 1.807) is 11.1 Å². The van der Waals surface area contributed by atoms with Gasteiger partial charge in [-0.2, -0.15) is 0 Å². The van der Waals surface area contributed by atoms with Crippen molar-refractivity contribution < 1.29 is 0 Å². The van der Waals surface area contributed by atoms with Crippen molar-refractivity contribution in [3.05, 3.63) is 70.3 Å². The van der Waals surface area contributed by atoms with Crippen molar-refractivity contribution >= 4 is 15.9 Å². The molecular formula is C19H19Br. The summed E-state index contributed by atoms with van der Waals surface area (Å²) in [4.78, 5) is 0.520. The standard InChI is InChI=1S/C19H19Br/c20-19-17(12-16-4-1-2-7-18(16)19)11-13-8-9-14-5-3-6-15(14)10-13/h1-2,4,7-10,17,19H,3,5-6,11-12H2. The van der Waals surface area contributed by atoms with Crippen LogP contribution in [0.1, 0.15) is 39.1 Å². The summed E-state index contributed by atoms with van der Waals surface area (Å²) in [5, 5.41) is 0. The number of rotatable bonds is 2. The van der Waals surface area contributed by atoms with Crippen LogP contribution in [-0.2, 0) is 25.7 Å². The maximum absolute atomic E-state index is 3.92. The van der Waals surface area contributed by atoms with Gasteiger partial charge in [0.1, 0.15) is 0 Å². The van der Waals surface area contributed by atoms with Gasteiger partial charge in [-0.3, -0.25) is 0 Å². The number of benzene rings is 2. The molecule has 0 bridgehead atoms. The zero-order chi connectivity index (χ0) is 13.5. The van der Waals surface area contributed by atoms with E-state index in [1.165, 1.54) is 48.8 Å². The Morgan fingerprint density at radius 1 is 0.950 bits per heavy atom. The van der Waals surface area contributed by atoms with Crippen LogP contribution in [0.4, 0.5) is 0 Å². The first-order chi connectivity index (χ1) is 9.81. The van der Waals surface area contributed by atoms with Gasteiger partial charge in [0.15, 0.2) is 0 Å². The van der Waals surface area contributed by atoms with Gasteiger partial charge in [-0.05, 0) is 65.8 Å². The Labute approximate surface area is 129 Å². The molecule has 2 atom stereocenters. The highest BCUT2D eigenvalue weighted by Gasteiger charge is 2.30. The predicted octanol–water partition coefficient (Wildman–Crippen LogP) is 5.03. The van der Waals surface area contributed by atoms with Gasteiger partial charge >= 0.3 is 0 Å². The van der Waals surface area contributed by atoms with Crippen molar-refractivity contribution in [3.8, 4) is 0 Å². The Bertz CT molecular complexity index is 644. The van der Waals surface area contributed by atoms with Crippen molar-refractivity contribution in [1.82, 2.24) is 0 Å². The number of hydrogen-bond acceptors (Lipinski definition) is 0. The van der Waals surface area contributed by atoms with Crippen LogP contribution < -0.4 is 0 Å². The van der Waals surface area contributed by atoms with E-state index in [4.69, 9.17) is 0 Å². The highest BCUT2D eigenvalue weighted by Crippen LogP contribution is 2.43. The number of hydrogen-bond donors (Lipinski definition) is 0. The Morgan fingerprint density at radius 3 is 2.70 bits per heavy atom. The third-order valence-electron chi connectivity index (χ3n) is 4.91. The topological polar surface area (TPSA) is 0 Å². The highest BCUT2D eigenvalue weighted by atomic mass is 79.9. The van der Waals surface area contributed by atoms with Crippen LogP contribution in [0.5, 0.6) is 0 Å². The first-order valence-electron chi connectivity index (χ1n) is 7.64. The van der Waals surface area contributed by atoms with Gasteiger partial charge in [-0.1, -0.05) is 58.4 Å². The van der Waals surface area contributed by atoms with Crippen molar-refractivity contribution in [2.75, 3.05) is 0 Å². The van der Waals surface area contributed by atoms with E-state index in [0.717, 1.165) is 0 Å². The zero-order valence-electron chi connectivity index (χ0n) is 11.6. The molecule has 0 nitrogen and oxygen atoms in total. The molecule has 0 saturated carbocycles. The number of alkyl halides is 1. The molecule has 2 aromatic carbocycles. The second-order valence-electron chi connectivity index (χ2n) is 6.23. The smallest absolute Gasteiger partial charge is 0.0432 e. The quantitative estimate of drug-likeness (QED) is 0.679. The maximum atomic E-state index is 3.92. The summed E-state index contributed by atoms with van der Waals surface area (Å²) < 4.78 is 0. The Balaban J connectivity index is 1.56. The Kier molecular flexibility index (Phi) is 3.18. The van der Waals surface area contributed by atoms with Crippen LogP contribution >= 0.6 is 15.9 Å². The highest BCUT2D eigenvalue weighted by molar-refractivity contribution is 9.09. The summed E-state index contributed by atoms with van der Waals surface area (Å²) in [6.45, 7) is 0. The molecule has 0 radical (unpaired) electrons. The van der Waals surface area contributed by atoms with Gasteiger partial charge in [0.25, 0.3) is 0 Å². The van der Waals surface area contributed by atoms with Crippen LogP contribution in [-0.4, -0.2) is 0 Å². The van der Waals surface area contributed by atoms with Crippen molar-refractivity contribution in [1.29, 1.82) is 0 Å². The normalized spacial score (nSPS) is 23.6. The largest absolute Gasteiger partial charge is 0.0835 e. The molecular weight excluding hydrogens is 308 g/mol. The molecule has 0 saturated heterocycles. The fraction of sp³-hybridized carbons (Fsp3) is 0.368. The number of halogens is 1. The lowest BCUT2D eigenvalue weighted by Gasteiger charge is -2.15. The molecule has 0 amide bonds. The molecule has 0 aliphatic heterocycles. The second kappa shape index (κ2) is 5.04. The predicted molar refractivity (Wildman–Crippen MR) is 87.5 cm³/mol. The van der Waals surface area contributed by atoms with Gasteiger partial charge in [-0.15, -0.1) is 0 Å². The summed E-state index contributed by atoms with van der Waals surface area (Å²) in [5.41, 5.74) is 7.73. The third kappa shape index (κ3) is 2.13. The minimum atomic E-state index is 0.520. The van der Waals surface area contributed by atoms with Gasteiger partial charge in [0.05, 0.1) is 0 Å². The van der Waals surface area contributed by atoms with Crippen molar-refractivity contribution in [3.63, 3.8) is 0 Å². The van der Waals surface area contributed by atoms with Gasteiger partial charge < -0.3 is 0 Å².